The van der Waals surface area contributed by atoms with Gasteiger partial charge in [0.25, 0.3) is 5.69 Å². The third kappa shape index (κ3) is 3.86. The van der Waals surface area contributed by atoms with Gasteiger partial charge in [0, 0.05) is 23.1 Å². The molecule has 3 aromatic rings. The number of nitro groups is 1. The van der Waals surface area contributed by atoms with Gasteiger partial charge in [-0.05, 0) is 25.5 Å². The molecular weight excluding hydrogens is 442 g/mol. The number of nitrogens with one attached hydrogen (secondary N) is 1. The SMILES string of the molecule is Cc1cc(C)c(C#N)c(SCc2[nH]nc3c2[C@H](c2ccccc2[N+](=O)[O-])C(C#N)=C(N)O3)n1. The summed E-state index contributed by atoms with van der Waals surface area (Å²) in [7, 11) is 0. The van der Waals surface area contributed by atoms with Crippen LogP contribution in [0.15, 0.2) is 46.8 Å². The fourth-order valence-electron chi connectivity index (χ4n) is 3.81. The molecule has 3 heterocycles. The number of aryl methyl sites for hydroxylation is 2. The van der Waals surface area contributed by atoms with Crippen molar-refractivity contribution in [1.29, 1.82) is 10.5 Å². The van der Waals surface area contributed by atoms with Crippen LogP contribution in [0, 0.1) is 46.6 Å². The Hall–Kier alpha value is -4.35. The molecule has 0 saturated heterocycles. The molecule has 0 aliphatic carbocycles. The van der Waals surface area contributed by atoms with Crippen molar-refractivity contribution in [2.75, 3.05) is 0 Å². The van der Waals surface area contributed by atoms with Crippen LogP contribution < -0.4 is 10.5 Å². The lowest BCUT2D eigenvalue weighted by Gasteiger charge is -2.23. The van der Waals surface area contributed by atoms with Crippen molar-refractivity contribution in [1.82, 2.24) is 15.2 Å². The maximum Gasteiger partial charge on any atom is 0.273 e. The van der Waals surface area contributed by atoms with Gasteiger partial charge < -0.3 is 10.5 Å². The van der Waals surface area contributed by atoms with E-state index in [1.165, 1.54) is 17.8 Å². The van der Waals surface area contributed by atoms with Crippen LogP contribution in [-0.4, -0.2) is 20.1 Å². The molecule has 0 radical (unpaired) electrons. The van der Waals surface area contributed by atoms with Crippen LogP contribution in [0.3, 0.4) is 0 Å². The van der Waals surface area contributed by atoms with Crippen LogP contribution in [0.2, 0.25) is 0 Å². The van der Waals surface area contributed by atoms with E-state index >= 15 is 0 Å². The Bertz CT molecular complexity index is 1400. The molecule has 10 nitrogen and oxygen atoms in total. The second-order valence-electron chi connectivity index (χ2n) is 7.32. The summed E-state index contributed by atoms with van der Waals surface area (Å²) in [5, 5.41) is 38.7. The summed E-state index contributed by atoms with van der Waals surface area (Å²) in [6.45, 7) is 3.70. The number of ether oxygens (including phenoxy) is 1. The predicted octanol–water partition coefficient (Wildman–Crippen LogP) is 3.71. The molecular formula is C22H17N7O3S. The molecule has 3 N–H and O–H groups in total. The number of nitriles is 2. The number of thioether (sulfide) groups is 1. The summed E-state index contributed by atoms with van der Waals surface area (Å²) in [6.07, 6.45) is 0. The van der Waals surface area contributed by atoms with Gasteiger partial charge in [0.1, 0.15) is 22.7 Å². The van der Waals surface area contributed by atoms with E-state index in [2.05, 4.69) is 21.3 Å². The average Bonchev–Trinajstić information content (AvgIpc) is 3.18. The first-order valence-corrected chi connectivity index (χ1v) is 10.7. The Labute approximate surface area is 192 Å². The van der Waals surface area contributed by atoms with Gasteiger partial charge >= 0.3 is 0 Å². The Morgan fingerprint density at radius 3 is 2.76 bits per heavy atom. The Morgan fingerprint density at radius 2 is 2.06 bits per heavy atom. The number of hydrogen-bond acceptors (Lipinski definition) is 9. The molecule has 4 rings (SSSR count). The van der Waals surface area contributed by atoms with Crippen LogP contribution >= 0.6 is 11.8 Å². The number of allylic oxidation sites excluding steroid dienone is 1. The molecule has 0 saturated carbocycles. The minimum atomic E-state index is -0.836. The van der Waals surface area contributed by atoms with Gasteiger partial charge in [0.15, 0.2) is 0 Å². The number of aromatic amines is 1. The third-order valence-electron chi connectivity index (χ3n) is 5.24. The molecule has 0 amide bonds. The highest BCUT2D eigenvalue weighted by Crippen LogP contribution is 2.46. The second kappa shape index (κ2) is 8.65. The highest BCUT2D eigenvalue weighted by atomic mass is 32.2. The Kier molecular flexibility index (Phi) is 5.73. The fraction of sp³-hybridized carbons (Fsp3) is 0.182. The summed E-state index contributed by atoms with van der Waals surface area (Å²) >= 11 is 1.32. The van der Waals surface area contributed by atoms with E-state index in [1.807, 2.05) is 26.0 Å². The summed E-state index contributed by atoms with van der Waals surface area (Å²) in [4.78, 5) is 15.7. The van der Waals surface area contributed by atoms with Crippen molar-refractivity contribution in [3.05, 3.63) is 85.5 Å². The van der Waals surface area contributed by atoms with Gasteiger partial charge in [-0.1, -0.05) is 30.0 Å². The van der Waals surface area contributed by atoms with Crippen molar-refractivity contribution in [3.63, 3.8) is 0 Å². The third-order valence-corrected chi connectivity index (χ3v) is 6.24. The van der Waals surface area contributed by atoms with Crippen molar-refractivity contribution < 1.29 is 9.66 Å². The molecule has 1 aliphatic heterocycles. The smallest absolute Gasteiger partial charge is 0.273 e. The van der Waals surface area contributed by atoms with Crippen LogP contribution in [-0.2, 0) is 5.75 Å². The minimum Gasteiger partial charge on any atom is -0.420 e. The maximum absolute atomic E-state index is 11.7. The second-order valence-corrected chi connectivity index (χ2v) is 8.29. The Balaban J connectivity index is 1.81. The minimum absolute atomic E-state index is 0.0617. The lowest BCUT2D eigenvalue weighted by molar-refractivity contribution is -0.385. The number of nitrogens with two attached hydrogens (primary N) is 1. The van der Waals surface area contributed by atoms with E-state index in [4.69, 9.17) is 10.5 Å². The number of fused-ring (bicyclic) bond motifs is 1. The van der Waals surface area contributed by atoms with Gasteiger partial charge in [0.2, 0.25) is 11.8 Å². The lowest BCUT2D eigenvalue weighted by Crippen LogP contribution is -2.21. The molecule has 0 bridgehead atoms. The molecule has 2 aromatic heterocycles. The zero-order valence-electron chi connectivity index (χ0n) is 17.6. The number of rotatable bonds is 5. The predicted molar refractivity (Wildman–Crippen MR) is 119 cm³/mol. The van der Waals surface area contributed by atoms with Gasteiger partial charge in [0.05, 0.1) is 27.7 Å². The molecule has 0 spiro atoms. The number of aromatic nitrogens is 3. The average molecular weight is 459 g/mol. The zero-order chi connectivity index (χ0) is 23.7. The number of hydrogen-bond donors (Lipinski definition) is 2. The number of para-hydroxylation sites is 1. The van der Waals surface area contributed by atoms with Crippen molar-refractivity contribution >= 4 is 17.4 Å². The van der Waals surface area contributed by atoms with E-state index in [0.29, 0.717) is 33.2 Å². The number of nitro benzene ring substituents is 1. The van der Waals surface area contributed by atoms with Crippen LogP contribution in [0.4, 0.5) is 5.69 Å². The number of benzene rings is 1. The topological polar surface area (TPSA) is 168 Å². The molecule has 1 aromatic carbocycles. The molecule has 0 fully saturated rings. The summed E-state index contributed by atoms with van der Waals surface area (Å²) in [5.74, 6) is -0.524. The summed E-state index contributed by atoms with van der Waals surface area (Å²) in [6, 6.07) is 12.2. The van der Waals surface area contributed by atoms with Gasteiger partial charge in [-0.25, -0.2) is 4.98 Å². The van der Waals surface area contributed by atoms with Gasteiger partial charge in [-0.3, -0.25) is 15.2 Å². The molecule has 1 atom stereocenters. The van der Waals surface area contributed by atoms with E-state index in [0.717, 1.165) is 11.3 Å². The molecule has 33 heavy (non-hydrogen) atoms. The van der Waals surface area contributed by atoms with Crippen molar-refractivity contribution in [3.8, 4) is 18.0 Å². The molecule has 164 valence electrons. The van der Waals surface area contributed by atoms with Crippen molar-refractivity contribution in [2.45, 2.75) is 30.5 Å². The van der Waals surface area contributed by atoms with Crippen LogP contribution in [0.25, 0.3) is 0 Å². The first kappa shape index (κ1) is 21.9. The van der Waals surface area contributed by atoms with E-state index in [-0.39, 0.29) is 23.0 Å². The summed E-state index contributed by atoms with van der Waals surface area (Å²) < 4.78 is 5.55. The first-order valence-electron chi connectivity index (χ1n) is 9.74. The number of pyridine rings is 1. The van der Waals surface area contributed by atoms with Gasteiger partial charge in [-0.15, -0.1) is 5.10 Å². The molecule has 11 heteroatoms. The van der Waals surface area contributed by atoms with E-state index in [1.54, 1.807) is 18.2 Å². The summed E-state index contributed by atoms with van der Waals surface area (Å²) in [5.41, 5.74) is 9.35. The Morgan fingerprint density at radius 1 is 1.30 bits per heavy atom. The van der Waals surface area contributed by atoms with Crippen LogP contribution in [0.1, 0.15) is 39.6 Å². The standard InChI is InChI=1S/C22H17N7O3S/c1-11-7-12(2)26-22(14(11)8-23)33-10-16-19-18(13-5-3-4-6-17(13)29(30)31)15(9-24)20(25)32-21(19)28-27-16/h3-7,18H,10,25H2,1-2H3,(H,27,28)/t18-/m1/s1. The zero-order valence-corrected chi connectivity index (χ0v) is 18.4. The molecule has 0 unspecified atom stereocenters. The van der Waals surface area contributed by atoms with Crippen molar-refractivity contribution in [2.24, 2.45) is 5.73 Å². The highest BCUT2D eigenvalue weighted by Gasteiger charge is 2.38. The largest absolute Gasteiger partial charge is 0.420 e. The van der Waals surface area contributed by atoms with Gasteiger partial charge in [-0.2, -0.15) is 10.5 Å². The maximum atomic E-state index is 11.7. The van der Waals surface area contributed by atoms with E-state index < -0.39 is 10.8 Å². The normalized spacial score (nSPS) is 14.7. The number of nitrogens with zero attached hydrogens (tertiary/aromatic N) is 5. The number of H-pyrrole nitrogens is 1. The molecule has 1 aliphatic rings. The monoisotopic (exact) mass is 459 g/mol. The lowest BCUT2D eigenvalue weighted by atomic mass is 9.83. The highest BCUT2D eigenvalue weighted by molar-refractivity contribution is 7.98. The first-order chi connectivity index (χ1) is 15.8. The fourth-order valence-corrected chi connectivity index (χ4v) is 4.87. The van der Waals surface area contributed by atoms with Crippen LogP contribution in [0.5, 0.6) is 5.88 Å². The van der Waals surface area contributed by atoms with E-state index in [9.17, 15) is 20.6 Å². The quantitative estimate of drug-likeness (QED) is 0.328.